The Labute approximate surface area is 126 Å². The van der Waals surface area contributed by atoms with Crippen molar-refractivity contribution in [3.8, 4) is 0 Å². The van der Waals surface area contributed by atoms with Crippen molar-refractivity contribution in [2.24, 2.45) is 5.92 Å². The maximum Gasteiger partial charge on any atom is 0.255 e. The molecule has 1 amide bonds. The third kappa shape index (κ3) is 4.10. The van der Waals surface area contributed by atoms with Crippen LogP contribution in [0.1, 0.15) is 44.0 Å². The van der Waals surface area contributed by atoms with Gasteiger partial charge < -0.3 is 10.2 Å². The summed E-state index contributed by atoms with van der Waals surface area (Å²) in [5, 5.41) is 3.33. The quantitative estimate of drug-likeness (QED) is 0.835. The minimum Gasteiger partial charge on any atom is -0.373 e. The highest BCUT2D eigenvalue weighted by atomic mass is 35.5. The smallest absolute Gasteiger partial charge is 0.255 e. The normalized spacial score (nSPS) is 10.7. The van der Waals surface area contributed by atoms with Gasteiger partial charge in [-0.25, -0.2) is 4.98 Å². The topological polar surface area (TPSA) is 45.2 Å². The van der Waals surface area contributed by atoms with Gasteiger partial charge in [-0.05, 0) is 18.9 Å². The van der Waals surface area contributed by atoms with Gasteiger partial charge in [-0.15, -0.1) is 0 Å². The standard InChI is InChI=1S/C15H24ClN3O/c1-5-11(6-2)10-19(7-3)15(20)12-8-14(17-4)18-9-13(12)16/h8-9,11H,5-7,10H2,1-4H3,(H,17,18). The molecule has 0 bridgehead atoms. The Bertz CT molecular complexity index is 447. The predicted molar refractivity (Wildman–Crippen MR) is 84.4 cm³/mol. The van der Waals surface area contributed by atoms with Gasteiger partial charge in [-0.1, -0.05) is 38.3 Å². The average Bonchev–Trinajstić information content (AvgIpc) is 2.48. The molecule has 0 saturated heterocycles. The zero-order valence-corrected chi connectivity index (χ0v) is 13.5. The minimum absolute atomic E-state index is 0.0247. The second-order valence-corrected chi connectivity index (χ2v) is 5.23. The van der Waals surface area contributed by atoms with E-state index in [0.717, 1.165) is 19.4 Å². The molecule has 0 spiro atoms. The Morgan fingerprint density at radius 1 is 1.40 bits per heavy atom. The number of halogens is 1. The lowest BCUT2D eigenvalue weighted by atomic mass is 10.0. The van der Waals surface area contributed by atoms with E-state index < -0.39 is 0 Å². The minimum atomic E-state index is -0.0247. The molecule has 0 aliphatic heterocycles. The van der Waals surface area contributed by atoms with Gasteiger partial charge in [-0.2, -0.15) is 0 Å². The van der Waals surface area contributed by atoms with Gasteiger partial charge in [0.1, 0.15) is 5.82 Å². The fourth-order valence-electron chi connectivity index (χ4n) is 2.12. The molecule has 20 heavy (non-hydrogen) atoms. The Kier molecular flexibility index (Phi) is 6.79. The van der Waals surface area contributed by atoms with Gasteiger partial charge in [0.05, 0.1) is 10.6 Å². The highest BCUT2D eigenvalue weighted by Gasteiger charge is 2.20. The molecular formula is C15H24ClN3O. The lowest BCUT2D eigenvalue weighted by molar-refractivity contribution is 0.0735. The van der Waals surface area contributed by atoms with Gasteiger partial charge in [0, 0.05) is 26.3 Å². The number of aromatic nitrogens is 1. The van der Waals surface area contributed by atoms with E-state index in [1.165, 1.54) is 6.20 Å². The third-order valence-corrected chi connectivity index (χ3v) is 3.95. The summed E-state index contributed by atoms with van der Waals surface area (Å²) in [6.07, 6.45) is 3.67. The SMILES string of the molecule is CCC(CC)CN(CC)C(=O)c1cc(NC)ncc1Cl. The number of nitrogens with one attached hydrogen (secondary N) is 1. The molecule has 112 valence electrons. The number of carbonyl (C=O) groups is 1. The molecule has 0 unspecified atom stereocenters. The number of hydrogen-bond acceptors (Lipinski definition) is 3. The van der Waals surface area contributed by atoms with Crippen LogP contribution >= 0.6 is 11.6 Å². The van der Waals surface area contributed by atoms with E-state index >= 15 is 0 Å². The third-order valence-electron chi connectivity index (χ3n) is 3.64. The number of nitrogens with zero attached hydrogens (tertiary/aromatic N) is 2. The zero-order chi connectivity index (χ0) is 15.1. The lowest BCUT2D eigenvalue weighted by Gasteiger charge is -2.26. The highest BCUT2D eigenvalue weighted by molar-refractivity contribution is 6.33. The van der Waals surface area contributed by atoms with Crippen molar-refractivity contribution in [1.29, 1.82) is 0 Å². The van der Waals surface area contributed by atoms with Crippen LogP contribution in [-0.4, -0.2) is 35.9 Å². The molecule has 1 aromatic rings. The van der Waals surface area contributed by atoms with Crippen molar-refractivity contribution in [3.63, 3.8) is 0 Å². The number of rotatable bonds is 7. The fourth-order valence-corrected chi connectivity index (χ4v) is 2.31. The molecule has 1 rings (SSSR count). The number of amides is 1. The molecule has 0 aromatic carbocycles. The summed E-state index contributed by atoms with van der Waals surface area (Å²) in [7, 11) is 1.77. The molecule has 4 nitrogen and oxygen atoms in total. The van der Waals surface area contributed by atoms with E-state index in [4.69, 9.17) is 11.6 Å². The first-order valence-electron chi connectivity index (χ1n) is 7.19. The molecule has 0 radical (unpaired) electrons. The number of carbonyl (C=O) groups excluding carboxylic acids is 1. The number of pyridine rings is 1. The van der Waals surface area contributed by atoms with Crippen LogP contribution in [0.15, 0.2) is 12.3 Å². The Hall–Kier alpha value is -1.29. The van der Waals surface area contributed by atoms with Gasteiger partial charge in [0.25, 0.3) is 5.91 Å². The average molecular weight is 298 g/mol. The molecule has 0 atom stereocenters. The van der Waals surface area contributed by atoms with E-state index in [1.54, 1.807) is 13.1 Å². The summed E-state index contributed by atoms with van der Waals surface area (Å²) in [6, 6.07) is 1.71. The summed E-state index contributed by atoms with van der Waals surface area (Å²) >= 11 is 6.12. The van der Waals surface area contributed by atoms with Crippen molar-refractivity contribution >= 4 is 23.3 Å². The van der Waals surface area contributed by atoms with Crippen LogP contribution in [0.4, 0.5) is 5.82 Å². The highest BCUT2D eigenvalue weighted by Crippen LogP contribution is 2.21. The molecule has 0 aliphatic carbocycles. The van der Waals surface area contributed by atoms with Gasteiger partial charge in [0.2, 0.25) is 0 Å². The van der Waals surface area contributed by atoms with Crippen LogP contribution in [-0.2, 0) is 0 Å². The van der Waals surface area contributed by atoms with E-state index in [0.29, 0.717) is 28.9 Å². The maximum atomic E-state index is 12.6. The molecule has 1 N–H and O–H groups in total. The van der Waals surface area contributed by atoms with E-state index in [1.807, 2.05) is 11.8 Å². The first-order valence-corrected chi connectivity index (χ1v) is 7.57. The summed E-state index contributed by atoms with van der Waals surface area (Å²) in [5.41, 5.74) is 0.513. The monoisotopic (exact) mass is 297 g/mol. The largest absolute Gasteiger partial charge is 0.373 e. The maximum absolute atomic E-state index is 12.6. The van der Waals surface area contributed by atoms with Crippen LogP contribution in [0, 0.1) is 5.92 Å². The van der Waals surface area contributed by atoms with Gasteiger partial charge in [-0.3, -0.25) is 4.79 Å². The summed E-state index contributed by atoms with van der Waals surface area (Å²) < 4.78 is 0. The molecule has 1 aromatic heterocycles. The first-order chi connectivity index (χ1) is 9.57. The van der Waals surface area contributed by atoms with Crippen LogP contribution in [0.2, 0.25) is 5.02 Å². The Morgan fingerprint density at radius 3 is 2.55 bits per heavy atom. The van der Waals surface area contributed by atoms with Crippen molar-refractivity contribution in [1.82, 2.24) is 9.88 Å². The number of anilines is 1. The van der Waals surface area contributed by atoms with Crippen molar-refractivity contribution in [2.75, 3.05) is 25.5 Å². The van der Waals surface area contributed by atoms with Crippen LogP contribution < -0.4 is 5.32 Å². The van der Waals surface area contributed by atoms with E-state index in [2.05, 4.69) is 24.1 Å². The molecule has 0 aliphatic rings. The van der Waals surface area contributed by atoms with Crippen molar-refractivity contribution < 1.29 is 4.79 Å². The van der Waals surface area contributed by atoms with Crippen LogP contribution in [0.3, 0.4) is 0 Å². The number of hydrogen-bond donors (Lipinski definition) is 1. The van der Waals surface area contributed by atoms with E-state index in [9.17, 15) is 4.79 Å². The fraction of sp³-hybridized carbons (Fsp3) is 0.600. The Morgan fingerprint density at radius 2 is 2.05 bits per heavy atom. The second-order valence-electron chi connectivity index (χ2n) is 4.83. The summed E-state index contributed by atoms with van der Waals surface area (Å²) in [6.45, 7) is 7.77. The van der Waals surface area contributed by atoms with Crippen molar-refractivity contribution in [3.05, 3.63) is 22.8 Å². The summed E-state index contributed by atoms with van der Waals surface area (Å²) in [5.74, 6) is 1.16. The van der Waals surface area contributed by atoms with Crippen LogP contribution in [0.25, 0.3) is 0 Å². The summed E-state index contributed by atoms with van der Waals surface area (Å²) in [4.78, 5) is 18.6. The van der Waals surface area contributed by atoms with Gasteiger partial charge in [0.15, 0.2) is 0 Å². The van der Waals surface area contributed by atoms with Crippen molar-refractivity contribution in [2.45, 2.75) is 33.6 Å². The molecule has 1 heterocycles. The first kappa shape index (κ1) is 16.8. The second kappa shape index (κ2) is 8.10. The molecule has 0 saturated carbocycles. The van der Waals surface area contributed by atoms with Gasteiger partial charge >= 0.3 is 0 Å². The molecular weight excluding hydrogens is 274 g/mol. The Balaban J connectivity index is 2.95. The van der Waals surface area contributed by atoms with E-state index in [-0.39, 0.29) is 5.91 Å². The molecule has 0 fully saturated rings. The lowest BCUT2D eigenvalue weighted by Crippen LogP contribution is -2.35. The predicted octanol–water partition coefficient (Wildman–Crippen LogP) is 3.68. The molecule has 5 heteroatoms. The zero-order valence-electron chi connectivity index (χ0n) is 12.7. The van der Waals surface area contributed by atoms with Crippen LogP contribution in [0.5, 0.6) is 0 Å².